The van der Waals surface area contributed by atoms with E-state index >= 15 is 0 Å². The van der Waals surface area contributed by atoms with Crippen LogP contribution < -0.4 is 19.6 Å². The number of nitrogens with one attached hydrogen (secondary N) is 1. The molecular weight excluding hydrogens is 504 g/mol. The molecule has 0 heterocycles. The summed E-state index contributed by atoms with van der Waals surface area (Å²) in [4.78, 5) is 12.4. The maximum absolute atomic E-state index is 12.4. The highest BCUT2D eigenvalue weighted by Crippen LogP contribution is 2.32. The zero-order valence-corrected chi connectivity index (χ0v) is 19.8. The summed E-state index contributed by atoms with van der Waals surface area (Å²) in [6.07, 6.45) is 3.32. The predicted octanol–water partition coefficient (Wildman–Crippen LogP) is 5.56. The van der Waals surface area contributed by atoms with Crippen LogP contribution in [0, 0.1) is 0 Å². The van der Waals surface area contributed by atoms with Crippen LogP contribution in [0.2, 0.25) is 0 Å². The number of carbonyl (C=O) groups is 1. The average Bonchev–Trinajstić information content (AvgIpc) is 2.71. The predicted molar refractivity (Wildman–Crippen MR) is 121 cm³/mol. The number of hydrogen-bond acceptors (Lipinski definition) is 5. The summed E-state index contributed by atoms with van der Waals surface area (Å²) in [6, 6.07) is 8.78. The molecule has 0 aliphatic heterocycles. The third kappa shape index (κ3) is 6.75. The molecular formula is C21H24Br2N2O4. The molecule has 29 heavy (non-hydrogen) atoms. The summed E-state index contributed by atoms with van der Waals surface area (Å²) >= 11 is 6.95. The molecule has 0 bridgehead atoms. The minimum absolute atomic E-state index is 0.355. The van der Waals surface area contributed by atoms with Crippen molar-refractivity contribution in [3.8, 4) is 17.2 Å². The Bertz CT molecular complexity index is 872. The van der Waals surface area contributed by atoms with Crippen molar-refractivity contribution in [1.82, 2.24) is 5.43 Å². The molecule has 0 saturated heterocycles. The summed E-state index contributed by atoms with van der Waals surface area (Å²) in [6.45, 7) is 5.22. The molecule has 0 spiro atoms. The lowest BCUT2D eigenvalue weighted by atomic mass is 10.2. The summed E-state index contributed by atoms with van der Waals surface area (Å²) in [5.41, 5.74) is 3.69. The quantitative estimate of drug-likeness (QED) is 0.324. The highest BCUT2D eigenvalue weighted by Gasteiger charge is 2.12. The lowest BCUT2D eigenvalue weighted by Crippen LogP contribution is -2.17. The van der Waals surface area contributed by atoms with Crippen molar-refractivity contribution in [2.24, 2.45) is 5.10 Å². The number of ether oxygens (including phenoxy) is 3. The molecule has 8 heteroatoms. The van der Waals surface area contributed by atoms with E-state index in [0.29, 0.717) is 36.0 Å². The molecule has 0 radical (unpaired) electrons. The lowest BCUT2D eigenvalue weighted by Gasteiger charge is -2.11. The smallest absolute Gasteiger partial charge is 0.271 e. The monoisotopic (exact) mass is 526 g/mol. The van der Waals surface area contributed by atoms with Crippen LogP contribution in [0.4, 0.5) is 0 Å². The Balaban J connectivity index is 2.13. The second kappa shape index (κ2) is 11.8. The highest BCUT2D eigenvalue weighted by atomic mass is 79.9. The van der Waals surface area contributed by atoms with Crippen LogP contribution in [0.15, 0.2) is 44.4 Å². The summed E-state index contributed by atoms with van der Waals surface area (Å²) in [7, 11) is 1.54. The van der Waals surface area contributed by atoms with Crippen LogP contribution in [0.25, 0.3) is 0 Å². The van der Waals surface area contributed by atoms with Gasteiger partial charge in [0.2, 0.25) is 0 Å². The van der Waals surface area contributed by atoms with E-state index in [9.17, 15) is 4.79 Å². The van der Waals surface area contributed by atoms with E-state index in [1.54, 1.807) is 24.4 Å². The zero-order chi connectivity index (χ0) is 21.2. The first-order valence-corrected chi connectivity index (χ1v) is 10.8. The molecule has 2 aromatic carbocycles. The van der Waals surface area contributed by atoms with E-state index in [0.717, 1.165) is 27.4 Å². The molecule has 1 amide bonds. The Labute approximate surface area is 187 Å². The Morgan fingerprint density at radius 1 is 1.07 bits per heavy atom. The van der Waals surface area contributed by atoms with Gasteiger partial charge < -0.3 is 14.2 Å². The number of methoxy groups -OCH3 is 1. The van der Waals surface area contributed by atoms with Crippen LogP contribution in [-0.4, -0.2) is 32.4 Å². The number of amides is 1. The number of hydrazone groups is 1. The van der Waals surface area contributed by atoms with Gasteiger partial charge in [-0.15, -0.1) is 0 Å². The number of benzene rings is 2. The first kappa shape index (κ1) is 23.2. The van der Waals surface area contributed by atoms with E-state index in [-0.39, 0.29) is 5.91 Å². The Kier molecular flexibility index (Phi) is 9.47. The maximum atomic E-state index is 12.4. The van der Waals surface area contributed by atoms with Crippen LogP contribution in [0.3, 0.4) is 0 Å². The van der Waals surface area contributed by atoms with Gasteiger partial charge in [-0.25, -0.2) is 5.43 Å². The van der Waals surface area contributed by atoms with Crippen molar-refractivity contribution in [3.05, 3.63) is 50.4 Å². The molecule has 0 atom stereocenters. The van der Waals surface area contributed by atoms with Crippen LogP contribution in [-0.2, 0) is 0 Å². The van der Waals surface area contributed by atoms with Gasteiger partial charge in [-0.1, -0.05) is 29.8 Å². The minimum atomic E-state index is -0.355. The van der Waals surface area contributed by atoms with Crippen LogP contribution in [0.1, 0.15) is 42.6 Å². The topological polar surface area (TPSA) is 69.2 Å². The molecule has 0 unspecified atom stereocenters. The molecule has 0 aromatic heterocycles. The SMILES string of the molecule is CCCOc1ccc(C(=O)N/N=C/c2cc(Br)cc(Br)c2OCCC)cc1OC. The fraction of sp³-hybridized carbons (Fsp3) is 0.333. The van der Waals surface area contributed by atoms with E-state index in [2.05, 4.69) is 42.4 Å². The Morgan fingerprint density at radius 3 is 2.48 bits per heavy atom. The van der Waals surface area contributed by atoms with Crippen molar-refractivity contribution in [2.75, 3.05) is 20.3 Å². The number of halogens is 2. The first-order valence-electron chi connectivity index (χ1n) is 9.26. The normalized spacial score (nSPS) is 10.8. The van der Waals surface area contributed by atoms with Crippen molar-refractivity contribution in [3.63, 3.8) is 0 Å². The van der Waals surface area contributed by atoms with Gasteiger partial charge in [-0.3, -0.25) is 4.79 Å². The fourth-order valence-electron chi connectivity index (χ4n) is 2.40. The van der Waals surface area contributed by atoms with Crippen LogP contribution in [0.5, 0.6) is 17.2 Å². The van der Waals surface area contributed by atoms with E-state index in [1.165, 1.54) is 7.11 Å². The largest absolute Gasteiger partial charge is 0.493 e. The fourth-order valence-corrected chi connectivity index (χ4v) is 3.77. The zero-order valence-electron chi connectivity index (χ0n) is 16.6. The molecule has 2 aromatic rings. The number of nitrogens with zero attached hydrogens (tertiary/aromatic N) is 1. The molecule has 1 N–H and O–H groups in total. The molecule has 2 rings (SSSR count). The van der Waals surface area contributed by atoms with E-state index < -0.39 is 0 Å². The third-order valence-corrected chi connectivity index (χ3v) is 4.79. The van der Waals surface area contributed by atoms with Crippen LogP contribution >= 0.6 is 31.9 Å². The summed E-state index contributed by atoms with van der Waals surface area (Å²) in [5.74, 6) is 1.42. The van der Waals surface area contributed by atoms with Gasteiger partial charge in [-0.2, -0.15) is 5.10 Å². The van der Waals surface area contributed by atoms with Crippen molar-refractivity contribution >= 4 is 44.0 Å². The summed E-state index contributed by atoms with van der Waals surface area (Å²) in [5, 5.41) is 4.08. The number of rotatable bonds is 10. The van der Waals surface area contributed by atoms with Gasteiger partial charge in [-0.05, 0) is 59.1 Å². The number of carbonyl (C=O) groups excluding carboxylic acids is 1. The van der Waals surface area contributed by atoms with Gasteiger partial charge >= 0.3 is 0 Å². The third-order valence-electron chi connectivity index (χ3n) is 3.74. The average molecular weight is 528 g/mol. The molecule has 156 valence electrons. The van der Waals surface area contributed by atoms with Crippen molar-refractivity contribution in [2.45, 2.75) is 26.7 Å². The standard InChI is InChI=1S/C21H24Br2N2O4/c1-4-8-28-18-7-6-14(11-19(18)27-3)21(26)25-24-13-15-10-16(22)12-17(23)20(15)29-9-5-2/h6-7,10-13H,4-5,8-9H2,1-3H3,(H,25,26)/b24-13+. The van der Waals surface area contributed by atoms with Gasteiger partial charge in [0.15, 0.2) is 11.5 Å². The lowest BCUT2D eigenvalue weighted by molar-refractivity contribution is 0.0954. The van der Waals surface area contributed by atoms with Crippen molar-refractivity contribution in [1.29, 1.82) is 0 Å². The van der Waals surface area contributed by atoms with E-state index in [4.69, 9.17) is 14.2 Å². The van der Waals surface area contributed by atoms with Gasteiger partial charge in [0.05, 0.1) is 31.0 Å². The molecule has 0 aliphatic rings. The van der Waals surface area contributed by atoms with Gasteiger partial charge in [0.25, 0.3) is 5.91 Å². The number of hydrogen-bond donors (Lipinski definition) is 1. The molecule has 0 saturated carbocycles. The second-order valence-electron chi connectivity index (χ2n) is 6.07. The van der Waals surface area contributed by atoms with Gasteiger partial charge in [0.1, 0.15) is 5.75 Å². The summed E-state index contributed by atoms with van der Waals surface area (Å²) < 4.78 is 18.4. The first-order chi connectivity index (χ1) is 14.0. The minimum Gasteiger partial charge on any atom is -0.493 e. The Hall–Kier alpha value is -2.06. The van der Waals surface area contributed by atoms with E-state index in [1.807, 2.05) is 26.0 Å². The molecule has 0 aliphatic carbocycles. The van der Waals surface area contributed by atoms with Gasteiger partial charge in [0, 0.05) is 15.6 Å². The molecule has 6 nitrogen and oxygen atoms in total. The second-order valence-corrected chi connectivity index (χ2v) is 7.84. The maximum Gasteiger partial charge on any atom is 0.271 e. The Morgan fingerprint density at radius 2 is 1.79 bits per heavy atom. The highest BCUT2D eigenvalue weighted by molar-refractivity contribution is 9.11. The van der Waals surface area contributed by atoms with Crippen molar-refractivity contribution < 1.29 is 19.0 Å². The molecule has 0 fully saturated rings.